The summed E-state index contributed by atoms with van der Waals surface area (Å²) in [5.41, 5.74) is 0. The number of hydrogen-bond donors (Lipinski definition) is 1. The predicted octanol–water partition coefficient (Wildman–Crippen LogP) is 0.0753. The lowest BCUT2D eigenvalue weighted by molar-refractivity contribution is -0.164. The van der Waals surface area contributed by atoms with Gasteiger partial charge >= 0.3 is 5.97 Å². The van der Waals surface area contributed by atoms with E-state index >= 15 is 0 Å². The highest BCUT2D eigenvalue weighted by atomic mass is 16.8. The fraction of sp³-hybridized carbons (Fsp3) is 0.923. The molecule has 2 saturated heterocycles. The smallest absolute Gasteiger partial charge is 0.312 e. The highest BCUT2D eigenvalue weighted by molar-refractivity contribution is 5.77. The zero-order valence-electron chi connectivity index (χ0n) is 11.4. The van der Waals surface area contributed by atoms with Crippen LogP contribution in [0.5, 0.6) is 0 Å². The minimum atomic E-state index is -0.706. The second-order valence-corrected chi connectivity index (χ2v) is 5.74. The summed E-state index contributed by atoms with van der Waals surface area (Å²) in [5.74, 6) is -1.26. The third-order valence-corrected chi connectivity index (χ3v) is 3.99. The molecule has 0 amide bonds. The van der Waals surface area contributed by atoms with Gasteiger partial charge in [0.2, 0.25) is 0 Å². The number of aliphatic hydroxyl groups excluding tert-OH is 1. The Morgan fingerprint density at radius 3 is 2.58 bits per heavy atom. The van der Waals surface area contributed by atoms with E-state index in [0.29, 0.717) is 6.61 Å². The van der Waals surface area contributed by atoms with Crippen molar-refractivity contribution in [3.8, 4) is 0 Å². The van der Waals surface area contributed by atoms with E-state index in [1.54, 1.807) is 6.92 Å². The molecule has 2 heterocycles. The summed E-state index contributed by atoms with van der Waals surface area (Å²) in [5, 5.41) is 9.40. The molecule has 6 nitrogen and oxygen atoms in total. The summed E-state index contributed by atoms with van der Waals surface area (Å²) in [6, 6.07) is 0. The van der Waals surface area contributed by atoms with Crippen molar-refractivity contribution in [3.63, 3.8) is 0 Å². The van der Waals surface area contributed by atoms with Gasteiger partial charge in [0.05, 0.1) is 31.3 Å². The Kier molecular flexibility index (Phi) is 3.09. The van der Waals surface area contributed by atoms with E-state index in [2.05, 4.69) is 0 Å². The Labute approximate surface area is 112 Å². The fourth-order valence-electron chi connectivity index (χ4n) is 3.23. The number of hydrogen-bond acceptors (Lipinski definition) is 6. The van der Waals surface area contributed by atoms with Crippen molar-refractivity contribution >= 4 is 5.97 Å². The average molecular weight is 272 g/mol. The van der Waals surface area contributed by atoms with Crippen molar-refractivity contribution in [1.82, 2.24) is 0 Å². The van der Waals surface area contributed by atoms with Crippen LogP contribution in [0.4, 0.5) is 0 Å². The molecule has 0 aromatic rings. The molecule has 0 bridgehead atoms. The van der Waals surface area contributed by atoms with E-state index in [1.807, 2.05) is 13.8 Å². The molecule has 0 unspecified atom stereocenters. The SMILES string of the molecule is CCOC(=O)[C@@H]1[C@H]2O[C@H](CO)[C@@H]3OC(C)(C)O[C@@H]3[C@H]21. The summed E-state index contributed by atoms with van der Waals surface area (Å²) in [4.78, 5) is 11.9. The number of esters is 1. The Morgan fingerprint density at radius 2 is 1.95 bits per heavy atom. The molecule has 1 N–H and O–H groups in total. The molecule has 6 heteroatoms. The molecule has 3 fully saturated rings. The number of rotatable bonds is 3. The van der Waals surface area contributed by atoms with E-state index in [9.17, 15) is 9.90 Å². The number of ether oxygens (including phenoxy) is 4. The first-order valence-electron chi connectivity index (χ1n) is 6.77. The van der Waals surface area contributed by atoms with Crippen LogP contribution in [0.3, 0.4) is 0 Å². The van der Waals surface area contributed by atoms with Gasteiger partial charge in [-0.05, 0) is 20.8 Å². The standard InChI is InChI=1S/C13H20O6/c1-4-16-12(15)8-7-10(8)17-6(5-14)9-11(7)19-13(2,3)18-9/h6-11,14H,4-5H2,1-3H3/t6-,7+,8+,9+,10+,11-/m1/s1. The summed E-state index contributed by atoms with van der Waals surface area (Å²) < 4.78 is 22.4. The molecule has 0 aromatic heterocycles. The van der Waals surface area contributed by atoms with Crippen molar-refractivity contribution in [2.75, 3.05) is 13.2 Å². The third kappa shape index (κ3) is 2.07. The number of fused-ring (bicyclic) bond motifs is 3. The minimum absolute atomic E-state index is 0.0198. The van der Waals surface area contributed by atoms with Crippen LogP contribution in [0.2, 0.25) is 0 Å². The van der Waals surface area contributed by atoms with Crippen LogP contribution in [0.1, 0.15) is 20.8 Å². The largest absolute Gasteiger partial charge is 0.466 e. The van der Waals surface area contributed by atoms with Gasteiger partial charge in [-0.1, -0.05) is 0 Å². The van der Waals surface area contributed by atoms with E-state index in [4.69, 9.17) is 18.9 Å². The lowest BCUT2D eigenvalue weighted by Gasteiger charge is -2.29. The van der Waals surface area contributed by atoms with Crippen molar-refractivity contribution in [3.05, 3.63) is 0 Å². The lowest BCUT2D eigenvalue weighted by atomic mass is 10.0. The fourth-order valence-corrected chi connectivity index (χ4v) is 3.23. The molecule has 3 rings (SSSR count). The van der Waals surface area contributed by atoms with Gasteiger partial charge in [-0.15, -0.1) is 0 Å². The summed E-state index contributed by atoms with van der Waals surface area (Å²) in [7, 11) is 0. The van der Waals surface area contributed by atoms with Crippen LogP contribution >= 0.6 is 0 Å². The Bertz CT molecular complexity index is 381. The van der Waals surface area contributed by atoms with Gasteiger partial charge in [0, 0.05) is 5.92 Å². The Hall–Kier alpha value is -0.690. The van der Waals surface area contributed by atoms with Crippen LogP contribution in [0.15, 0.2) is 0 Å². The topological polar surface area (TPSA) is 74.2 Å². The van der Waals surface area contributed by atoms with E-state index in [-0.39, 0.29) is 42.7 Å². The van der Waals surface area contributed by atoms with Gasteiger partial charge < -0.3 is 24.1 Å². The van der Waals surface area contributed by atoms with Gasteiger partial charge in [0.15, 0.2) is 5.79 Å². The molecule has 0 aromatic carbocycles. The van der Waals surface area contributed by atoms with Crippen LogP contribution in [0.25, 0.3) is 0 Å². The molecule has 1 saturated carbocycles. The minimum Gasteiger partial charge on any atom is -0.466 e. The second-order valence-electron chi connectivity index (χ2n) is 5.74. The van der Waals surface area contributed by atoms with Gasteiger partial charge in [-0.2, -0.15) is 0 Å². The molecular formula is C13H20O6. The highest BCUT2D eigenvalue weighted by Gasteiger charge is 2.70. The van der Waals surface area contributed by atoms with Crippen LogP contribution in [-0.4, -0.2) is 54.5 Å². The van der Waals surface area contributed by atoms with Gasteiger partial charge in [0.1, 0.15) is 12.2 Å². The lowest BCUT2D eigenvalue weighted by Crippen LogP contribution is -2.45. The second kappa shape index (κ2) is 4.41. The first kappa shape index (κ1) is 13.3. The molecular weight excluding hydrogens is 252 g/mol. The number of carbonyl (C=O) groups excluding carboxylic acids is 1. The van der Waals surface area contributed by atoms with E-state index < -0.39 is 11.9 Å². The Morgan fingerprint density at radius 1 is 1.26 bits per heavy atom. The van der Waals surface area contributed by atoms with Crippen LogP contribution < -0.4 is 0 Å². The van der Waals surface area contributed by atoms with Crippen molar-refractivity contribution < 1.29 is 28.8 Å². The summed E-state index contributed by atoms with van der Waals surface area (Å²) in [6.07, 6.45) is -1.18. The van der Waals surface area contributed by atoms with E-state index in [1.165, 1.54) is 0 Å². The van der Waals surface area contributed by atoms with Crippen molar-refractivity contribution in [2.24, 2.45) is 11.8 Å². The molecule has 3 aliphatic rings. The summed E-state index contributed by atoms with van der Waals surface area (Å²) >= 11 is 0. The first-order valence-corrected chi connectivity index (χ1v) is 6.77. The number of aliphatic hydroxyl groups is 1. The van der Waals surface area contributed by atoms with Crippen LogP contribution in [0, 0.1) is 11.8 Å². The third-order valence-electron chi connectivity index (χ3n) is 3.99. The molecule has 1 aliphatic carbocycles. The highest BCUT2D eigenvalue weighted by Crippen LogP contribution is 2.55. The Balaban J connectivity index is 1.77. The normalized spacial score (nSPS) is 46.3. The predicted molar refractivity (Wildman–Crippen MR) is 63.2 cm³/mol. The van der Waals surface area contributed by atoms with Crippen LogP contribution in [-0.2, 0) is 23.7 Å². The first-order chi connectivity index (χ1) is 8.98. The maximum absolute atomic E-state index is 11.9. The molecule has 6 atom stereocenters. The zero-order chi connectivity index (χ0) is 13.8. The van der Waals surface area contributed by atoms with Gasteiger partial charge in [-0.25, -0.2) is 0 Å². The van der Waals surface area contributed by atoms with E-state index in [0.717, 1.165) is 0 Å². The van der Waals surface area contributed by atoms with Crippen molar-refractivity contribution in [2.45, 2.75) is 51.0 Å². The molecule has 0 spiro atoms. The number of carbonyl (C=O) groups is 1. The monoisotopic (exact) mass is 272 g/mol. The zero-order valence-corrected chi connectivity index (χ0v) is 11.4. The maximum atomic E-state index is 11.9. The van der Waals surface area contributed by atoms with Gasteiger partial charge in [-0.3, -0.25) is 4.79 Å². The molecule has 19 heavy (non-hydrogen) atoms. The molecule has 2 aliphatic heterocycles. The molecule has 108 valence electrons. The van der Waals surface area contributed by atoms with Gasteiger partial charge in [0.25, 0.3) is 0 Å². The maximum Gasteiger partial charge on any atom is 0.312 e. The quantitative estimate of drug-likeness (QED) is 0.733. The van der Waals surface area contributed by atoms with Crippen molar-refractivity contribution in [1.29, 1.82) is 0 Å². The summed E-state index contributed by atoms with van der Waals surface area (Å²) in [6.45, 7) is 5.66. The average Bonchev–Trinajstić information content (AvgIpc) is 2.97. The molecule has 0 radical (unpaired) electrons.